The molecule has 0 saturated carbocycles. The number of rotatable bonds is 0. The Kier molecular flexibility index (Phi) is 86.7. The first-order chi connectivity index (χ1) is 2.00. The van der Waals surface area contributed by atoms with Gasteiger partial charge < -0.3 is 0 Å². The van der Waals surface area contributed by atoms with E-state index in [2.05, 4.69) is 22.4 Å². The Morgan fingerprint density at radius 2 is 1.25 bits per heavy atom. The molecule has 0 heterocycles. The Balaban J connectivity index is 0. The van der Waals surface area contributed by atoms with Crippen molar-refractivity contribution in [3.05, 3.63) is 0 Å². The van der Waals surface area contributed by atoms with E-state index in [1.165, 1.54) is 18.0 Å². The van der Waals surface area contributed by atoms with E-state index in [0.717, 1.165) is 0 Å². The molecule has 0 aliphatic heterocycles. The molecule has 0 rings (SSSR count). The van der Waals surface area contributed by atoms with Gasteiger partial charge in [-0.15, -0.1) is 0 Å². The van der Waals surface area contributed by atoms with Crippen LogP contribution in [0, 0.1) is 0 Å². The average Bonchev–Trinajstić information content (AvgIpc) is 1.50. The predicted molar refractivity (Wildman–Crippen MR) is 15.7 cm³/mol. The minimum absolute atomic E-state index is 1.53. The van der Waals surface area contributed by atoms with Gasteiger partial charge in [0.2, 0.25) is 0 Å². The van der Waals surface area contributed by atoms with Crippen molar-refractivity contribution in [1.29, 1.82) is 0 Å². The van der Waals surface area contributed by atoms with E-state index in [-0.39, 0.29) is 0 Å². The second kappa shape index (κ2) is 39.1. The summed E-state index contributed by atoms with van der Waals surface area (Å²) >= 11 is 4.37. The topological polar surface area (TPSA) is 17.1 Å². The van der Waals surface area contributed by atoms with E-state index in [0.29, 0.717) is 0 Å². The Morgan fingerprint density at radius 3 is 1.25 bits per heavy atom. The van der Waals surface area contributed by atoms with Gasteiger partial charge in [0.25, 0.3) is 0 Å². The van der Waals surface area contributed by atoms with Crippen LogP contribution in [0.15, 0.2) is 0 Å². The van der Waals surface area contributed by atoms with Crippen molar-refractivity contribution in [2.75, 3.05) is 0 Å². The van der Waals surface area contributed by atoms with Crippen LogP contribution in [0.25, 0.3) is 0 Å². The van der Waals surface area contributed by atoms with Gasteiger partial charge in [-0.05, 0) is 0 Å². The summed E-state index contributed by atoms with van der Waals surface area (Å²) in [6.07, 6.45) is 0. The van der Waals surface area contributed by atoms with E-state index >= 15 is 0 Å². The van der Waals surface area contributed by atoms with Crippen LogP contribution in [0.2, 0.25) is 0 Å². The van der Waals surface area contributed by atoms with Gasteiger partial charge in [-0.2, -0.15) is 4.21 Å². The molecular weight excluding hydrogens is 176 g/mol. The van der Waals surface area contributed by atoms with Gasteiger partial charge in [-0.25, -0.2) is 0 Å². The van der Waals surface area contributed by atoms with E-state index in [1.807, 2.05) is 0 Å². The normalized spacial score (nSPS) is 2.00. The molecule has 0 bridgehead atoms. The molecule has 0 radical (unpaired) electrons. The van der Waals surface area contributed by atoms with Crippen molar-refractivity contribution >= 4 is 22.4 Å². The molecule has 0 aromatic heterocycles. The maximum atomic E-state index is 7.83. The molecule has 0 N–H and O–H groups in total. The van der Waals surface area contributed by atoms with Crippen LogP contribution in [-0.2, 0) is 30.5 Å². The fourth-order valence-corrected chi connectivity index (χ4v) is 0. The maximum absolute atomic E-state index is 7.83. The minimum atomic E-state index is 1.53. The first-order valence-electron chi connectivity index (χ1n) is 0.333. The monoisotopic (exact) mass is 178 g/mol. The summed E-state index contributed by atoms with van der Waals surface area (Å²) in [4.78, 5) is 0. The fraction of sp³-hybridized carbons (Fsp3) is 0. The van der Waals surface area contributed by atoms with Crippen LogP contribution < -0.4 is 0 Å². The quantitative estimate of drug-likeness (QED) is 0.494. The predicted octanol–water partition coefficient (Wildman–Crippen LogP) is 0.309. The van der Waals surface area contributed by atoms with Crippen LogP contribution in [0.5, 0.6) is 0 Å². The number of hydrogen-bond acceptors (Lipinski definition) is 3. The summed E-state index contributed by atoms with van der Waals surface area (Å²) in [5.74, 6) is 0. The second-order valence-corrected chi connectivity index (χ2v) is 0. The van der Waals surface area contributed by atoms with E-state index in [4.69, 9.17) is 4.21 Å². The molecule has 0 saturated heterocycles. The standard InChI is InChI=1S/Mo.OS.S/c;1-2;. The van der Waals surface area contributed by atoms with Crippen LogP contribution in [0.1, 0.15) is 0 Å². The number of hydrogen-bond donors (Lipinski definition) is 0. The summed E-state index contributed by atoms with van der Waals surface area (Å²) in [6, 6.07) is 0. The SMILES string of the molecule is O=S.[S]=[Mo]. The zero-order valence-corrected chi connectivity index (χ0v) is 5.27. The molecule has 1 nitrogen and oxygen atoms in total. The molecule has 0 amide bonds. The van der Waals surface area contributed by atoms with Crippen LogP contribution in [0.3, 0.4) is 0 Å². The summed E-state index contributed by atoms with van der Waals surface area (Å²) in [6.45, 7) is 0. The van der Waals surface area contributed by atoms with Gasteiger partial charge in [0.05, 0.1) is 0 Å². The Labute approximate surface area is 44.6 Å². The molecule has 4 heavy (non-hydrogen) atoms. The van der Waals surface area contributed by atoms with Crippen molar-refractivity contribution in [2.24, 2.45) is 0 Å². The molecule has 0 fully saturated rings. The third-order valence-corrected chi connectivity index (χ3v) is 0. The van der Waals surface area contributed by atoms with Crippen LogP contribution in [-0.4, -0.2) is 4.21 Å². The fourth-order valence-electron chi connectivity index (χ4n) is 0. The Morgan fingerprint density at radius 1 is 1.25 bits per heavy atom. The van der Waals surface area contributed by atoms with Crippen molar-refractivity contribution < 1.29 is 22.2 Å². The molecule has 0 aliphatic rings. The van der Waals surface area contributed by atoms with Crippen molar-refractivity contribution in [3.63, 3.8) is 0 Å². The summed E-state index contributed by atoms with van der Waals surface area (Å²) < 4.78 is 7.83. The van der Waals surface area contributed by atoms with Gasteiger partial charge in [-0.3, -0.25) is 0 Å². The molecule has 24 valence electrons. The van der Waals surface area contributed by atoms with Crippen molar-refractivity contribution in [2.45, 2.75) is 0 Å². The molecule has 0 aromatic rings. The first-order valence-corrected chi connectivity index (χ1v) is 3.46. The first kappa shape index (κ1) is 8.87. The van der Waals surface area contributed by atoms with Crippen LogP contribution >= 0.6 is 9.82 Å². The van der Waals surface area contributed by atoms with Gasteiger partial charge in [0.15, 0.2) is 12.5 Å². The Hall–Kier alpha value is 0.928. The zero-order valence-electron chi connectivity index (χ0n) is 1.63. The third kappa shape index (κ3) is 12.6. The van der Waals surface area contributed by atoms with Crippen LogP contribution in [0.4, 0.5) is 0 Å². The van der Waals surface area contributed by atoms with Crippen molar-refractivity contribution in [3.8, 4) is 0 Å². The zero-order chi connectivity index (χ0) is 4.00. The molecule has 0 aliphatic carbocycles. The summed E-state index contributed by atoms with van der Waals surface area (Å²) in [7, 11) is 4.09. The summed E-state index contributed by atoms with van der Waals surface area (Å²) in [5.41, 5.74) is 0. The van der Waals surface area contributed by atoms with Gasteiger partial charge in [-0.1, -0.05) is 0 Å². The molecule has 0 atom stereocenters. The van der Waals surface area contributed by atoms with Gasteiger partial charge >= 0.3 is 27.8 Å². The summed E-state index contributed by atoms with van der Waals surface area (Å²) in [5, 5.41) is 0. The average molecular weight is 176 g/mol. The van der Waals surface area contributed by atoms with E-state index in [1.54, 1.807) is 0 Å². The molecular formula is MoOS2. The second-order valence-electron chi connectivity index (χ2n) is 0. The van der Waals surface area contributed by atoms with E-state index < -0.39 is 0 Å². The third-order valence-electron chi connectivity index (χ3n) is 0. The molecule has 0 aromatic carbocycles. The van der Waals surface area contributed by atoms with Crippen molar-refractivity contribution in [1.82, 2.24) is 0 Å². The Bertz CT molecular complexity index is 8.00. The van der Waals surface area contributed by atoms with E-state index in [9.17, 15) is 0 Å². The van der Waals surface area contributed by atoms with Gasteiger partial charge in [0, 0.05) is 0 Å². The van der Waals surface area contributed by atoms with Gasteiger partial charge in [0.1, 0.15) is 0 Å². The molecule has 0 unspecified atom stereocenters. The molecule has 0 spiro atoms. The molecule has 4 heteroatoms.